The predicted octanol–water partition coefficient (Wildman–Crippen LogP) is 3.69. The molecule has 19 heavy (non-hydrogen) atoms. The minimum Gasteiger partial charge on any atom is -0.478 e. The van der Waals surface area contributed by atoms with Gasteiger partial charge in [0.25, 0.3) is 0 Å². The largest absolute Gasteiger partial charge is 0.478 e. The number of hydrogen-bond acceptors (Lipinski definition) is 4. The first-order valence-electron chi connectivity index (χ1n) is 5.67. The van der Waals surface area contributed by atoms with Gasteiger partial charge in [-0.15, -0.1) is 0 Å². The zero-order valence-corrected chi connectivity index (χ0v) is 10.4. The number of aryl methyl sites for hydroxylation is 1. The summed E-state index contributed by atoms with van der Waals surface area (Å²) < 4.78 is 0. The molecule has 0 spiro atoms. The van der Waals surface area contributed by atoms with E-state index in [1.54, 1.807) is 24.3 Å². The smallest absolute Gasteiger partial charge is 0.335 e. The van der Waals surface area contributed by atoms with Crippen LogP contribution in [0.15, 0.2) is 52.7 Å². The van der Waals surface area contributed by atoms with Crippen LogP contribution in [-0.2, 0) is 0 Å². The highest BCUT2D eigenvalue weighted by molar-refractivity contribution is 5.87. The first-order chi connectivity index (χ1) is 9.06. The van der Waals surface area contributed by atoms with Gasteiger partial charge >= 0.3 is 5.97 Å². The van der Waals surface area contributed by atoms with Crippen LogP contribution in [0.2, 0.25) is 0 Å². The van der Waals surface area contributed by atoms with Gasteiger partial charge in [0.1, 0.15) is 0 Å². The van der Waals surface area contributed by atoms with Crippen molar-refractivity contribution in [2.75, 3.05) is 5.73 Å². The van der Waals surface area contributed by atoms with Gasteiger partial charge in [-0.05, 0) is 55.0 Å². The highest BCUT2D eigenvalue weighted by atomic mass is 16.4. The van der Waals surface area contributed by atoms with Crippen molar-refractivity contribution in [3.05, 3.63) is 53.6 Å². The fourth-order valence-corrected chi connectivity index (χ4v) is 1.57. The standard InChI is InChI=1S/C14H13N3O2/c1-9-8-11(15)4-7-13(9)17-16-12-5-2-10(3-6-12)14(18)19/h2-8H,15H2,1H3,(H,18,19). The highest BCUT2D eigenvalue weighted by Gasteiger charge is 2.01. The molecule has 0 atom stereocenters. The van der Waals surface area contributed by atoms with Crippen molar-refractivity contribution < 1.29 is 9.90 Å². The van der Waals surface area contributed by atoms with E-state index < -0.39 is 5.97 Å². The van der Waals surface area contributed by atoms with E-state index in [1.165, 1.54) is 12.1 Å². The molecule has 0 bridgehead atoms. The Morgan fingerprint density at radius 1 is 1.11 bits per heavy atom. The number of carbonyl (C=O) groups is 1. The number of nitrogens with zero attached hydrogens (tertiary/aromatic N) is 2. The molecule has 2 rings (SSSR count). The van der Waals surface area contributed by atoms with Gasteiger partial charge in [0.05, 0.1) is 16.9 Å². The Balaban J connectivity index is 2.20. The summed E-state index contributed by atoms with van der Waals surface area (Å²) in [5, 5.41) is 17.0. The molecule has 2 aromatic carbocycles. The number of carboxylic acids is 1. The number of carboxylic acid groups (broad SMARTS) is 1. The summed E-state index contributed by atoms with van der Waals surface area (Å²) in [6.45, 7) is 1.90. The maximum atomic E-state index is 10.7. The van der Waals surface area contributed by atoms with Crippen molar-refractivity contribution >= 4 is 23.0 Å². The van der Waals surface area contributed by atoms with Gasteiger partial charge in [0.2, 0.25) is 0 Å². The van der Waals surface area contributed by atoms with E-state index in [9.17, 15) is 4.79 Å². The fraction of sp³-hybridized carbons (Fsp3) is 0.0714. The summed E-state index contributed by atoms with van der Waals surface area (Å²) in [7, 11) is 0. The third-order valence-corrected chi connectivity index (χ3v) is 2.61. The van der Waals surface area contributed by atoms with Crippen LogP contribution in [0.4, 0.5) is 17.1 Å². The summed E-state index contributed by atoms with van der Waals surface area (Å²) in [5.41, 5.74) is 8.83. The van der Waals surface area contributed by atoms with Crippen LogP contribution in [0, 0.1) is 6.92 Å². The number of aromatic carboxylic acids is 1. The first-order valence-corrected chi connectivity index (χ1v) is 5.67. The molecule has 0 aliphatic carbocycles. The quantitative estimate of drug-likeness (QED) is 0.647. The lowest BCUT2D eigenvalue weighted by atomic mass is 10.2. The second-order valence-electron chi connectivity index (χ2n) is 4.10. The molecule has 0 aromatic heterocycles. The van der Waals surface area contributed by atoms with Gasteiger partial charge in [-0.25, -0.2) is 4.79 Å². The first kappa shape index (κ1) is 12.8. The van der Waals surface area contributed by atoms with Crippen molar-refractivity contribution in [1.82, 2.24) is 0 Å². The number of hydrogen-bond donors (Lipinski definition) is 2. The molecule has 96 valence electrons. The zero-order valence-electron chi connectivity index (χ0n) is 10.4. The fourth-order valence-electron chi connectivity index (χ4n) is 1.57. The Morgan fingerprint density at radius 2 is 1.79 bits per heavy atom. The summed E-state index contributed by atoms with van der Waals surface area (Å²) in [4.78, 5) is 10.7. The molecule has 0 saturated carbocycles. The topological polar surface area (TPSA) is 88.0 Å². The van der Waals surface area contributed by atoms with Crippen LogP contribution in [-0.4, -0.2) is 11.1 Å². The van der Waals surface area contributed by atoms with Crippen molar-refractivity contribution in [3.63, 3.8) is 0 Å². The second kappa shape index (κ2) is 5.30. The van der Waals surface area contributed by atoms with Gasteiger partial charge in [-0.1, -0.05) is 0 Å². The maximum absolute atomic E-state index is 10.7. The van der Waals surface area contributed by atoms with Crippen LogP contribution in [0.1, 0.15) is 15.9 Å². The number of anilines is 1. The van der Waals surface area contributed by atoms with Gasteiger partial charge in [-0.3, -0.25) is 0 Å². The minimum absolute atomic E-state index is 0.225. The SMILES string of the molecule is Cc1cc(N)ccc1N=Nc1ccc(C(=O)O)cc1. The molecule has 0 radical (unpaired) electrons. The molecule has 0 fully saturated rings. The lowest BCUT2D eigenvalue weighted by molar-refractivity contribution is 0.0697. The predicted molar refractivity (Wildman–Crippen MR) is 73.2 cm³/mol. The molecule has 5 nitrogen and oxygen atoms in total. The van der Waals surface area contributed by atoms with Crippen LogP contribution >= 0.6 is 0 Å². The summed E-state index contributed by atoms with van der Waals surface area (Å²) >= 11 is 0. The van der Waals surface area contributed by atoms with E-state index in [0.717, 1.165) is 11.3 Å². The van der Waals surface area contributed by atoms with Crippen LogP contribution in [0.5, 0.6) is 0 Å². The Kier molecular flexibility index (Phi) is 3.56. The van der Waals surface area contributed by atoms with Gasteiger partial charge in [-0.2, -0.15) is 10.2 Å². The molecule has 5 heteroatoms. The van der Waals surface area contributed by atoms with Crippen molar-refractivity contribution in [3.8, 4) is 0 Å². The highest BCUT2D eigenvalue weighted by Crippen LogP contribution is 2.23. The number of nitrogens with two attached hydrogens (primary N) is 1. The third kappa shape index (κ3) is 3.16. The molecular weight excluding hydrogens is 242 g/mol. The van der Waals surface area contributed by atoms with E-state index >= 15 is 0 Å². The van der Waals surface area contributed by atoms with Crippen molar-refractivity contribution in [2.45, 2.75) is 6.92 Å². The summed E-state index contributed by atoms with van der Waals surface area (Å²) in [5.74, 6) is -0.960. The minimum atomic E-state index is -0.960. The van der Waals surface area contributed by atoms with E-state index in [0.29, 0.717) is 11.4 Å². The Hall–Kier alpha value is -2.69. The van der Waals surface area contributed by atoms with E-state index in [2.05, 4.69) is 10.2 Å². The van der Waals surface area contributed by atoms with Crippen molar-refractivity contribution in [2.24, 2.45) is 10.2 Å². The normalized spacial score (nSPS) is 10.8. The molecule has 0 saturated heterocycles. The van der Waals surface area contributed by atoms with Gasteiger partial charge in [0.15, 0.2) is 0 Å². The summed E-state index contributed by atoms with van der Waals surface area (Å²) in [6.07, 6.45) is 0. The monoisotopic (exact) mass is 255 g/mol. The summed E-state index contributed by atoms with van der Waals surface area (Å²) in [6, 6.07) is 11.6. The Labute approximate surface area is 110 Å². The van der Waals surface area contributed by atoms with E-state index in [-0.39, 0.29) is 5.56 Å². The molecular formula is C14H13N3O2. The number of benzene rings is 2. The van der Waals surface area contributed by atoms with Crippen LogP contribution in [0.25, 0.3) is 0 Å². The molecule has 2 aromatic rings. The number of azo groups is 1. The van der Waals surface area contributed by atoms with Crippen molar-refractivity contribution in [1.29, 1.82) is 0 Å². The molecule has 0 unspecified atom stereocenters. The number of rotatable bonds is 3. The third-order valence-electron chi connectivity index (χ3n) is 2.61. The van der Waals surface area contributed by atoms with Crippen LogP contribution in [0.3, 0.4) is 0 Å². The Bertz CT molecular complexity index is 634. The number of nitrogen functional groups attached to an aromatic ring is 1. The average molecular weight is 255 g/mol. The molecule has 0 amide bonds. The molecule has 0 heterocycles. The zero-order chi connectivity index (χ0) is 13.8. The maximum Gasteiger partial charge on any atom is 0.335 e. The Morgan fingerprint density at radius 3 is 2.37 bits per heavy atom. The molecule has 3 N–H and O–H groups in total. The van der Waals surface area contributed by atoms with E-state index in [1.807, 2.05) is 13.0 Å². The lowest BCUT2D eigenvalue weighted by Crippen LogP contribution is -1.93. The van der Waals surface area contributed by atoms with Gasteiger partial charge in [0, 0.05) is 5.69 Å². The second-order valence-corrected chi connectivity index (χ2v) is 4.10. The molecule has 0 aliphatic heterocycles. The van der Waals surface area contributed by atoms with Crippen LogP contribution < -0.4 is 5.73 Å². The molecule has 0 aliphatic rings. The lowest BCUT2D eigenvalue weighted by Gasteiger charge is -2.00. The average Bonchev–Trinajstić information content (AvgIpc) is 2.38. The van der Waals surface area contributed by atoms with Gasteiger partial charge < -0.3 is 10.8 Å². The van der Waals surface area contributed by atoms with E-state index in [4.69, 9.17) is 10.8 Å².